The van der Waals surface area contributed by atoms with Crippen molar-refractivity contribution in [2.75, 3.05) is 6.54 Å². The maximum absolute atomic E-state index is 5.14. The summed E-state index contributed by atoms with van der Waals surface area (Å²) in [6.07, 6.45) is 6.71. The largest absolute Gasteiger partial charge is 0.346 e. The summed E-state index contributed by atoms with van der Waals surface area (Å²) in [4.78, 5) is 7.48. The van der Waals surface area contributed by atoms with Crippen molar-refractivity contribution in [3.8, 4) is 33.4 Å². The van der Waals surface area contributed by atoms with Crippen molar-refractivity contribution in [1.29, 1.82) is 0 Å². The van der Waals surface area contributed by atoms with Crippen molar-refractivity contribution in [3.63, 3.8) is 0 Å². The van der Waals surface area contributed by atoms with Gasteiger partial charge < -0.3 is 4.90 Å². The van der Waals surface area contributed by atoms with Crippen molar-refractivity contribution >= 4 is 54.4 Å². The second-order valence-corrected chi connectivity index (χ2v) is 14.6. The average Bonchev–Trinajstić information content (AvgIpc) is 3.69. The van der Waals surface area contributed by atoms with Crippen LogP contribution in [0.4, 0.5) is 0 Å². The normalized spacial score (nSPS) is 15.1. The third-order valence-corrected chi connectivity index (χ3v) is 11.5. The van der Waals surface area contributed by atoms with Crippen molar-refractivity contribution in [2.45, 2.75) is 6.17 Å². The molecule has 9 aromatic rings. The Morgan fingerprint density at radius 1 is 0.364 bits per heavy atom. The number of benzene rings is 9. The third kappa shape index (κ3) is 5.14. The predicted molar refractivity (Wildman–Crippen MR) is 233 cm³/mol. The molecule has 9 aromatic carbocycles. The van der Waals surface area contributed by atoms with Gasteiger partial charge in [0.15, 0.2) is 0 Å². The van der Waals surface area contributed by atoms with Gasteiger partial charge in [0.05, 0.1) is 12.3 Å². The minimum Gasteiger partial charge on any atom is -0.346 e. The van der Waals surface area contributed by atoms with Crippen LogP contribution in [0.3, 0.4) is 0 Å². The van der Waals surface area contributed by atoms with Crippen molar-refractivity contribution < 1.29 is 0 Å². The molecule has 0 aromatic heterocycles. The van der Waals surface area contributed by atoms with Crippen LogP contribution in [-0.2, 0) is 0 Å². The highest BCUT2D eigenvalue weighted by molar-refractivity contribution is 6.30. The fourth-order valence-corrected chi connectivity index (χ4v) is 9.05. The Morgan fingerprint density at radius 2 is 0.727 bits per heavy atom. The predicted octanol–water partition coefficient (Wildman–Crippen LogP) is 13.3. The summed E-state index contributed by atoms with van der Waals surface area (Å²) in [5.74, 6) is 0. The Morgan fingerprint density at radius 3 is 1.18 bits per heavy atom. The molecule has 0 radical (unpaired) electrons. The summed E-state index contributed by atoms with van der Waals surface area (Å²) >= 11 is 0. The van der Waals surface area contributed by atoms with E-state index in [9.17, 15) is 0 Å². The van der Waals surface area contributed by atoms with Crippen LogP contribution < -0.4 is 0 Å². The quantitative estimate of drug-likeness (QED) is 0.163. The van der Waals surface area contributed by atoms with Gasteiger partial charge in [-0.15, -0.1) is 0 Å². The monoisotopic (exact) mass is 700 g/mol. The molecule has 0 N–H and O–H groups in total. The lowest BCUT2D eigenvalue weighted by molar-refractivity contribution is 0.396. The van der Waals surface area contributed by atoms with Gasteiger partial charge in [0, 0.05) is 6.20 Å². The summed E-state index contributed by atoms with van der Waals surface area (Å²) in [6.45, 7) is 0.788. The molecular weight excluding hydrogens is 665 g/mol. The van der Waals surface area contributed by atoms with Crippen molar-refractivity contribution in [3.05, 3.63) is 211 Å². The maximum atomic E-state index is 5.14. The molecule has 1 unspecified atom stereocenters. The lowest BCUT2D eigenvalue weighted by Gasteiger charge is -2.23. The third-order valence-electron chi connectivity index (χ3n) is 11.5. The number of hydrogen-bond acceptors (Lipinski definition) is 2. The zero-order valence-electron chi connectivity index (χ0n) is 30.2. The van der Waals surface area contributed by atoms with Crippen molar-refractivity contribution in [2.24, 2.45) is 4.99 Å². The SMILES string of the molecule is C1=CC2N=C(c3ccc(-c4c5ccccc5c(-c5c6ccccc6c(-c6ccccc6)c6ccccc56)c5ccccc45)cc3)CN2C=C1c1ccccc1. The van der Waals surface area contributed by atoms with E-state index in [0.29, 0.717) is 0 Å². The van der Waals surface area contributed by atoms with Gasteiger partial charge in [0.1, 0.15) is 6.17 Å². The Labute approximate surface area is 320 Å². The van der Waals surface area contributed by atoms with E-state index in [1.807, 2.05) is 0 Å². The van der Waals surface area contributed by atoms with Crippen LogP contribution in [-0.4, -0.2) is 23.3 Å². The summed E-state index contributed by atoms with van der Waals surface area (Å²) in [7, 11) is 0. The highest BCUT2D eigenvalue weighted by Gasteiger charge is 2.26. The highest BCUT2D eigenvalue weighted by Crippen LogP contribution is 2.50. The molecule has 0 spiro atoms. The van der Waals surface area contributed by atoms with Crippen LogP contribution in [0.5, 0.6) is 0 Å². The van der Waals surface area contributed by atoms with Crippen molar-refractivity contribution in [1.82, 2.24) is 4.90 Å². The molecule has 0 saturated heterocycles. The Kier molecular flexibility index (Phi) is 7.34. The molecule has 2 heteroatoms. The van der Waals surface area contributed by atoms with Gasteiger partial charge in [-0.1, -0.05) is 188 Å². The van der Waals surface area contributed by atoms with Gasteiger partial charge in [-0.2, -0.15) is 0 Å². The van der Waals surface area contributed by atoms with E-state index in [1.54, 1.807) is 0 Å². The highest BCUT2D eigenvalue weighted by atomic mass is 15.3. The molecule has 0 amide bonds. The Hall–Kier alpha value is -7.03. The summed E-state index contributed by atoms with van der Waals surface area (Å²) in [6, 6.07) is 66.5. The number of nitrogens with zero attached hydrogens (tertiary/aromatic N) is 2. The van der Waals surface area contributed by atoms with Crippen LogP contribution in [0.1, 0.15) is 11.1 Å². The summed E-state index contributed by atoms with van der Waals surface area (Å²) in [5, 5.41) is 10.1. The lowest BCUT2D eigenvalue weighted by atomic mass is 9.81. The number of fused-ring (bicyclic) bond motifs is 5. The van der Waals surface area contributed by atoms with Crippen LogP contribution in [0, 0.1) is 0 Å². The van der Waals surface area contributed by atoms with E-state index in [2.05, 4.69) is 205 Å². The average molecular weight is 701 g/mol. The second kappa shape index (κ2) is 12.8. The summed E-state index contributed by atoms with van der Waals surface area (Å²) in [5.41, 5.74) is 12.3. The molecule has 55 heavy (non-hydrogen) atoms. The molecule has 0 fully saturated rings. The Bertz CT molecular complexity index is 2930. The van der Waals surface area contributed by atoms with Gasteiger partial charge in [0.2, 0.25) is 0 Å². The number of aliphatic imine (C=N–C) groups is 1. The van der Waals surface area contributed by atoms with Gasteiger partial charge in [0.25, 0.3) is 0 Å². The fraction of sp³-hybridized carbons (Fsp3) is 0.0377. The van der Waals surface area contributed by atoms with E-state index in [-0.39, 0.29) is 6.17 Å². The number of allylic oxidation sites excluding steroid dienone is 2. The topological polar surface area (TPSA) is 15.6 Å². The first kappa shape index (κ1) is 31.5. The van der Waals surface area contributed by atoms with E-state index in [4.69, 9.17) is 4.99 Å². The van der Waals surface area contributed by atoms with E-state index >= 15 is 0 Å². The molecule has 0 aliphatic carbocycles. The number of hydrogen-bond donors (Lipinski definition) is 0. The second-order valence-electron chi connectivity index (χ2n) is 14.6. The Balaban J connectivity index is 1.07. The molecule has 0 bridgehead atoms. The molecule has 1 atom stereocenters. The molecule has 11 rings (SSSR count). The standard InChI is InChI=1S/C53H36N2/c1-3-15-35(16-4-1)39-31-32-49-54-48(34-55(49)33-39)36-27-29-38(30-28-36)51-42-21-9-13-25-46(42)53(47-26-14-10-22-43(47)51)52-44-23-11-7-19-40(44)50(37-17-5-2-6-18-37)41-20-8-12-24-45(41)52/h1-33,49H,34H2. The van der Waals surface area contributed by atoms with Gasteiger partial charge in [-0.3, -0.25) is 4.99 Å². The molecule has 2 nitrogen and oxygen atoms in total. The number of rotatable bonds is 5. The first-order valence-electron chi connectivity index (χ1n) is 19.1. The molecular formula is C53H36N2. The maximum Gasteiger partial charge on any atom is 0.140 e. The zero-order valence-corrected chi connectivity index (χ0v) is 30.2. The van der Waals surface area contributed by atoms with E-state index < -0.39 is 0 Å². The molecule has 0 saturated carbocycles. The molecule has 2 aliphatic rings. The van der Waals surface area contributed by atoms with E-state index in [1.165, 1.54) is 93.2 Å². The van der Waals surface area contributed by atoms with Gasteiger partial charge >= 0.3 is 0 Å². The minimum atomic E-state index is 0.0384. The van der Waals surface area contributed by atoms with Gasteiger partial charge in [-0.05, 0) is 99.2 Å². The summed E-state index contributed by atoms with van der Waals surface area (Å²) < 4.78 is 0. The first-order valence-corrected chi connectivity index (χ1v) is 19.1. The van der Waals surface area contributed by atoms with Crippen LogP contribution >= 0.6 is 0 Å². The lowest BCUT2D eigenvalue weighted by Crippen LogP contribution is -2.26. The molecule has 2 aliphatic heterocycles. The van der Waals surface area contributed by atoms with Crippen LogP contribution in [0.2, 0.25) is 0 Å². The molecule has 258 valence electrons. The van der Waals surface area contributed by atoms with E-state index in [0.717, 1.165) is 12.3 Å². The minimum absolute atomic E-state index is 0.0384. The fourth-order valence-electron chi connectivity index (χ4n) is 9.05. The van der Waals surface area contributed by atoms with Crippen LogP contribution in [0.25, 0.3) is 82.0 Å². The smallest absolute Gasteiger partial charge is 0.140 e. The first-order chi connectivity index (χ1) is 27.3. The van der Waals surface area contributed by atoms with Crippen LogP contribution in [0.15, 0.2) is 205 Å². The van der Waals surface area contributed by atoms with Gasteiger partial charge in [-0.25, -0.2) is 0 Å². The molecule has 2 heterocycles. The zero-order chi connectivity index (χ0) is 36.3.